The SMILES string of the molecule is Cc1ccc(/C=C2\N=C(c3ccc(C(C)C)cc3)OC2=O)c2ccccc12. The van der Waals surface area contributed by atoms with Crippen LogP contribution in [0.15, 0.2) is 71.4 Å². The second-order valence-electron chi connectivity index (χ2n) is 7.13. The van der Waals surface area contributed by atoms with Gasteiger partial charge in [-0.05, 0) is 58.5 Å². The van der Waals surface area contributed by atoms with Crippen molar-refractivity contribution in [1.82, 2.24) is 0 Å². The van der Waals surface area contributed by atoms with E-state index in [9.17, 15) is 4.79 Å². The third-order valence-electron chi connectivity index (χ3n) is 4.91. The Morgan fingerprint density at radius 3 is 2.33 bits per heavy atom. The maximum atomic E-state index is 12.3. The molecule has 1 aliphatic heterocycles. The number of rotatable bonds is 3. The van der Waals surface area contributed by atoms with Crippen molar-refractivity contribution in [2.45, 2.75) is 26.7 Å². The Kier molecular flexibility index (Phi) is 4.36. The van der Waals surface area contributed by atoms with Gasteiger partial charge in [0.2, 0.25) is 5.90 Å². The van der Waals surface area contributed by atoms with Gasteiger partial charge in [-0.15, -0.1) is 0 Å². The molecule has 134 valence electrons. The number of hydrogen-bond donors (Lipinski definition) is 0. The van der Waals surface area contributed by atoms with E-state index in [0.717, 1.165) is 16.5 Å². The number of aryl methyl sites for hydroxylation is 1. The number of benzene rings is 3. The highest BCUT2D eigenvalue weighted by Crippen LogP contribution is 2.26. The smallest absolute Gasteiger partial charge is 0.363 e. The van der Waals surface area contributed by atoms with E-state index in [-0.39, 0.29) is 0 Å². The van der Waals surface area contributed by atoms with E-state index in [0.29, 0.717) is 17.5 Å². The number of hydrogen-bond acceptors (Lipinski definition) is 3. The Morgan fingerprint density at radius 1 is 0.926 bits per heavy atom. The maximum absolute atomic E-state index is 12.3. The van der Waals surface area contributed by atoms with E-state index in [1.165, 1.54) is 16.5 Å². The molecule has 3 aromatic carbocycles. The fourth-order valence-corrected chi connectivity index (χ4v) is 3.29. The van der Waals surface area contributed by atoms with E-state index in [1.807, 2.05) is 42.5 Å². The second-order valence-corrected chi connectivity index (χ2v) is 7.13. The highest BCUT2D eigenvalue weighted by Gasteiger charge is 2.24. The average Bonchev–Trinajstić information content (AvgIpc) is 3.05. The van der Waals surface area contributed by atoms with E-state index in [2.05, 4.69) is 44.0 Å². The lowest BCUT2D eigenvalue weighted by Gasteiger charge is -2.05. The zero-order chi connectivity index (χ0) is 19.0. The van der Waals surface area contributed by atoms with Crippen LogP contribution in [0.1, 0.15) is 42.0 Å². The molecule has 0 unspecified atom stereocenters. The lowest BCUT2D eigenvalue weighted by atomic mass is 10.00. The minimum Gasteiger partial charge on any atom is -0.402 e. The fourth-order valence-electron chi connectivity index (χ4n) is 3.29. The molecule has 0 fully saturated rings. The molecule has 3 aromatic rings. The monoisotopic (exact) mass is 355 g/mol. The molecule has 0 aromatic heterocycles. The summed E-state index contributed by atoms with van der Waals surface area (Å²) < 4.78 is 5.41. The number of cyclic esters (lactones) is 1. The fraction of sp³-hybridized carbons (Fsp3) is 0.167. The molecule has 0 amide bonds. The van der Waals surface area contributed by atoms with Crippen LogP contribution in [0.3, 0.4) is 0 Å². The zero-order valence-corrected chi connectivity index (χ0v) is 15.7. The second kappa shape index (κ2) is 6.84. The van der Waals surface area contributed by atoms with Crippen LogP contribution < -0.4 is 0 Å². The molecular weight excluding hydrogens is 334 g/mol. The van der Waals surface area contributed by atoms with Gasteiger partial charge in [0.15, 0.2) is 5.70 Å². The molecule has 3 nitrogen and oxygen atoms in total. The Labute approximate surface area is 159 Å². The van der Waals surface area contributed by atoms with Gasteiger partial charge in [-0.1, -0.05) is 62.4 Å². The molecule has 0 radical (unpaired) electrons. The van der Waals surface area contributed by atoms with Crippen molar-refractivity contribution < 1.29 is 9.53 Å². The van der Waals surface area contributed by atoms with Crippen molar-refractivity contribution in [3.05, 3.63) is 88.6 Å². The van der Waals surface area contributed by atoms with Gasteiger partial charge in [-0.25, -0.2) is 9.79 Å². The number of carbonyl (C=O) groups excluding carboxylic acids is 1. The van der Waals surface area contributed by atoms with E-state index < -0.39 is 5.97 Å². The predicted octanol–water partition coefficient (Wildman–Crippen LogP) is 5.62. The number of carbonyl (C=O) groups is 1. The van der Waals surface area contributed by atoms with Gasteiger partial charge in [0.25, 0.3) is 0 Å². The summed E-state index contributed by atoms with van der Waals surface area (Å²) >= 11 is 0. The predicted molar refractivity (Wildman–Crippen MR) is 110 cm³/mol. The van der Waals surface area contributed by atoms with Crippen LogP contribution in [0.25, 0.3) is 16.8 Å². The van der Waals surface area contributed by atoms with Crippen molar-refractivity contribution in [3.63, 3.8) is 0 Å². The van der Waals surface area contributed by atoms with Crippen LogP contribution in [-0.2, 0) is 9.53 Å². The minimum absolute atomic E-state index is 0.326. The molecular formula is C24H21NO2. The van der Waals surface area contributed by atoms with Crippen molar-refractivity contribution in [3.8, 4) is 0 Å². The Bertz CT molecular complexity index is 1090. The molecule has 0 spiro atoms. The first-order valence-electron chi connectivity index (χ1n) is 9.14. The largest absolute Gasteiger partial charge is 0.402 e. The summed E-state index contributed by atoms with van der Waals surface area (Å²) in [4.78, 5) is 16.8. The maximum Gasteiger partial charge on any atom is 0.363 e. The van der Waals surface area contributed by atoms with E-state index in [4.69, 9.17) is 4.74 Å². The Hall–Kier alpha value is -3.20. The molecule has 0 N–H and O–H groups in total. The number of aliphatic imine (C=N–C) groups is 1. The number of nitrogens with zero attached hydrogens (tertiary/aromatic N) is 1. The van der Waals surface area contributed by atoms with E-state index >= 15 is 0 Å². The van der Waals surface area contributed by atoms with Crippen molar-refractivity contribution in [2.75, 3.05) is 0 Å². The molecule has 0 aliphatic carbocycles. The molecule has 0 atom stereocenters. The molecule has 1 aliphatic rings. The Balaban J connectivity index is 1.72. The molecule has 27 heavy (non-hydrogen) atoms. The first-order chi connectivity index (χ1) is 13.0. The van der Waals surface area contributed by atoms with Crippen molar-refractivity contribution in [1.29, 1.82) is 0 Å². The first kappa shape index (κ1) is 17.2. The molecule has 0 saturated carbocycles. The summed E-state index contributed by atoms with van der Waals surface area (Å²) in [6, 6.07) is 20.2. The topological polar surface area (TPSA) is 38.7 Å². The molecule has 0 bridgehead atoms. The van der Waals surface area contributed by atoms with Gasteiger partial charge in [-0.3, -0.25) is 0 Å². The average molecular weight is 355 g/mol. The summed E-state index contributed by atoms with van der Waals surface area (Å²) in [7, 11) is 0. The third kappa shape index (κ3) is 3.28. The van der Waals surface area contributed by atoms with Crippen LogP contribution in [-0.4, -0.2) is 11.9 Å². The number of fused-ring (bicyclic) bond motifs is 1. The quantitative estimate of drug-likeness (QED) is 0.452. The van der Waals surface area contributed by atoms with Gasteiger partial charge in [0, 0.05) is 5.56 Å². The van der Waals surface area contributed by atoms with Crippen LogP contribution in [0.2, 0.25) is 0 Å². The number of ether oxygens (including phenoxy) is 1. The normalized spacial score (nSPS) is 15.5. The lowest BCUT2D eigenvalue weighted by molar-refractivity contribution is -0.129. The summed E-state index contributed by atoms with van der Waals surface area (Å²) in [5.41, 5.74) is 4.54. The summed E-state index contributed by atoms with van der Waals surface area (Å²) in [5.74, 6) is 0.401. The van der Waals surface area contributed by atoms with Crippen LogP contribution in [0.5, 0.6) is 0 Å². The highest BCUT2D eigenvalue weighted by molar-refractivity contribution is 6.13. The van der Waals surface area contributed by atoms with Gasteiger partial charge >= 0.3 is 5.97 Å². The molecule has 3 heteroatoms. The lowest BCUT2D eigenvalue weighted by Crippen LogP contribution is -2.05. The van der Waals surface area contributed by atoms with Gasteiger partial charge in [0.05, 0.1) is 0 Å². The van der Waals surface area contributed by atoms with E-state index in [1.54, 1.807) is 6.08 Å². The summed E-state index contributed by atoms with van der Waals surface area (Å²) in [5, 5.41) is 2.27. The Morgan fingerprint density at radius 2 is 1.63 bits per heavy atom. The zero-order valence-electron chi connectivity index (χ0n) is 15.7. The molecule has 0 saturated heterocycles. The standard InChI is InChI=1S/C24H21NO2/c1-15(2)17-10-12-18(13-11-17)23-25-22(24(26)27-23)14-19-9-8-16(3)20-6-4-5-7-21(19)20/h4-15H,1-3H3/b22-14-. The molecule has 1 heterocycles. The number of esters is 1. The van der Waals surface area contributed by atoms with Crippen LogP contribution in [0.4, 0.5) is 0 Å². The van der Waals surface area contributed by atoms with Crippen molar-refractivity contribution >= 4 is 28.7 Å². The summed E-state index contributed by atoms with van der Waals surface area (Å²) in [6.45, 7) is 6.38. The molecule has 4 rings (SSSR count). The van der Waals surface area contributed by atoms with Crippen LogP contribution >= 0.6 is 0 Å². The van der Waals surface area contributed by atoms with Crippen LogP contribution in [0, 0.1) is 6.92 Å². The minimum atomic E-state index is -0.414. The van der Waals surface area contributed by atoms with Gasteiger partial charge in [0.1, 0.15) is 0 Å². The van der Waals surface area contributed by atoms with Gasteiger partial charge < -0.3 is 4.74 Å². The highest BCUT2D eigenvalue weighted by atomic mass is 16.6. The van der Waals surface area contributed by atoms with Gasteiger partial charge in [-0.2, -0.15) is 0 Å². The summed E-state index contributed by atoms with van der Waals surface area (Å²) in [6.07, 6.45) is 1.81. The third-order valence-corrected chi connectivity index (χ3v) is 4.91. The van der Waals surface area contributed by atoms with Crippen molar-refractivity contribution in [2.24, 2.45) is 4.99 Å². The first-order valence-corrected chi connectivity index (χ1v) is 9.14.